The van der Waals surface area contributed by atoms with E-state index in [2.05, 4.69) is 25.3 Å². The molecule has 0 atom stereocenters. The number of benzene rings is 1. The molecule has 0 aliphatic carbocycles. The van der Waals surface area contributed by atoms with E-state index in [4.69, 9.17) is 0 Å². The highest BCUT2D eigenvalue weighted by Gasteiger charge is 2.10. The zero-order chi connectivity index (χ0) is 17.9. The van der Waals surface area contributed by atoms with Crippen molar-refractivity contribution in [2.24, 2.45) is 4.99 Å². The van der Waals surface area contributed by atoms with Crippen LogP contribution in [0.25, 0.3) is 0 Å². The van der Waals surface area contributed by atoms with Gasteiger partial charge < -0.3 is 20.3 Å². The van der Waals surface area contributed by atoms with Crippen molar-refractivity contribution < 1.29 is 13.5 Å². The van der Waals surface area contributed by atoms with E-state index in [0.717, 1.165) is 32.7 Å². The van der Waals surface area contributed by atoms with Gasteiger partial charge in [0.15, 0.2) is 5.96 Å². The largest absolute Gasteiger partial charge is 0.434 e. The molecule has 0 amide bonds. The standard InChI is InChI=1S/C18H28F2N4O.HI/c1-2-21-18(22-10-13-24-11-6-3-7-12-24)23-14-15-8-4-5-9-16(15)25-17(19)20;/h4-5,8-9,17H,2-3,6-7,10-14H2,1H3,(H2,21,22,23);1H. The molecule has 1 saturated heterocycles. The van der Waals surface area contributed by atoms with E-state index in [1.54, 1.807) is 18.2 Å². The van der Waals surface area contributed by atoms with Crippen LogP contribution in [-0.4, -0.2) is 50.2 Å². The van der Waals surface area contributed by atoms with Crippen LogP contribution in [0.1, 0.15) is 31.7 Å². The molecule has 1 heterocycles. The van der Waals surface area contributed by atoms with Crippen LogP contribution < -0.4 is 15.4 Å². The van der Waals surface area contributed by atoms with Crippen molar-refractivity contribution in [1.82, 2.24) is 15.5 Å². The van der Waals surface area contributed by atoms with Gasteiger partial charge in [0, 0.05) is 25.2 Å². The minimum Gasteiger partial charge on any atom is -0.434 e. The number of nitrogens with zero attached hydrogens (tertiary/aromatic N) is 2. The molecular formula is C18H29F2IN4O. The van der Waals surface area contributed by atoms with Gasteiger partial charge in [0.1, 0.15) is 5.75 Å². The molecule has 0 radical (unpaired) electrons. The molecule has 1 fully saturated rings. The molecule has 2 rings (SSSR count). The highest BCUT2D eigenvalue weighted by atomic mass is 127. The summed E-state index contributed by atoms with van der Waals surface area (Å²) in [4.78, 5) is 6.94. The molecule has 5 nitrogen and oxygen atoms in total. The van der Waals surface area contributed by atoms with Gasteiger partial charge in [-0.1, -0.05) is 24.6 Å². The number of halogens is 3. The summed E-state index contributed by atoms with van der Waals surface area (Å²) in [5, 5.41) is 6.49. The summed E-state index contributed by atoms with van der Waals surface area (Å²) in [6.45, 7) is 4.29. The van der Waals surface area contributed by atoms with E-state index < -0.39 is 6.61 Å². The van der Waals surface area contributed by atoms with Crippen LogP contribution in [-0.2, 0) is 6.54 Å². The van der Waals surface area contributed by atoms with Gasteiger partial charge in [0.05, 0.1) is 6.54 Å². The average molecular weight is 482 g/mol. The molecule has 0 unspecified atom stereocenters. The molecule has 8 heteroatoms. The minimum atomic E-state index is -2.83. The number of hydrogen-bond donors (Lipinski definition) is 2. The lowest BCUT2D eigenvalue weighted by Crippen LogP contribution is -2.42. The number of para-hydroxylation sites is 1. The van der Waals surface area contributed by atoms with Crippen LogP contribution in [0.5, 0.6) is 5.75 Å². The second-order valence-corrected chi connectivity index (χ2v) is 6.01. The van der Waals surface area contributed by atoms with Crippen LogP contribution in [0.3, 0.4) is 0 Å². The Morgan fingerprint density at radius 3 is 2.62 bits per heavy atom. The molecule has 1 aliphatic heterocycles. The van der Waals surface area contributed by atoms with Gasteiger partial charge in [-0.15, -0.1) is 24.0 Å². The third-order valence-corrected chi connectivity index (χ3v) is 4.11. The number of guanidine groups is 1. The maximum absolute atomic E-state index is 12.5. The average Bonchev–Trinajstić information content (AvgIpc) is 2.61. The Balaban J connectivity index is 0.00000338. The maximum Gasteiger partial charge on any atom is 0.387 e. The van der Waals surface area contributed by atoms with Crippen molar-refractivity contribution in [3.05, 3.63) is 29.8 Å². The van der Waals surface area contributed by atoms with Crippen LogP contribution in [0.15, 0.2) is 29.3 Å². The van der Waals surface area contributed by atoms with Crippen molar-refractivity contribution in [2.75, 3.05) is 32.7 Å². The topological polar surface area (TPSA) is 48.9 Å². The molecule has 148 valence electrons. The maximum atomic E-state index is 12.5. The third-order valence-electron chi connectivity index (χ3n) is 4.11. The predicted octanol–water partition coefficient (Wildman–Crippen LogP) is 3.45. The molecule has 1 aliphatic rings. The lowest BCUT2D eigenvalue weighted by molar-refractivity contribution is -0.0504. The van der Waals surface area contributed by atoms with E-state index >= 15 is 0 Å². The Morgan fingerprint density at radius 1 is 1.19 bits per heavy atom. The number of hydrogen-bond acceptors (Lipinski definition) is 3. The molecule has 0 saturated carbocycles. The number of piperidine rings is 1. The monoisotopic (exact) mass is 482 g/mol. The van der Waals surface area contributed by atoms with Gasteiger partial charge in [-0.2, -0.15) is 8.78 Å². The molecular weight excluding hydrogens is 453 g/mol. The van der Waals surface area contributed by atoms with Crippen molar-refractivity contribution in [3.8, 4) is 5.75 Å². The van der Waals surface area contributed by atoms with E-state index in [1.807, 2.05) is 6.92 Å². The number of rotatable bonds is 8. The Labute approximate surface area is 171 Å². The first kappa shape index (κ1) is 22.9. The van der Waals surface area contributed by atoms with Crippen molar-refractivity contribution >= 4 is 29.9 Å². The highest BCUT2D eigenvalue weighted by molar-refractivity contribution is 14.0. The molecule has 0 aromatic heterocycles. The first-order valence-corrected chi connectivity index (χ1v) is 8.96. The van der Waals surface area contributed by atoms with Gasteiger partial charge in [0.25, 0.3) is 0 Å². The quantitative estimate of drug-likeness (QED) is 0.339. The summed E-state index contributed by atoms with van der Waals surface area (Å²) >= 11 is 0. The molecule has 0 spiro atoms. The highest BCUT2D eigenvalue weighted by Crippen LogP contribution is 2.20. The van der Waals surface area contributed by atoms with E-state index in [0.29, 0.717) is 11.5 Å². The van der Waals surface area contributed by atoms with Crippen LogP contribution in [0.2, 0.25) is 0 Å². The second kappa shape index (κ2) is 13.1. The van der Waals surface area contributed by atoms with E-state index in [-0.39, 0.29) is 36.3 Å². The molecule has 1 aromatic rings. The number of likely N-dealkylation sites (tertiary alicyclic amines) is 1. The first-order chi connectivity index (χ1) is 12.2. The van der Waals surface area contributed by atoms with Crippen molar-refractivity contribution in [2.45, 2.75) is 39.3 Å². The van der Waals surface area contributed by atoms with Crippen molar-refractivity contribution in [3.63, 3.8) is 0 Å². The lowest BCUT2D eigenvalue weighted by atomic mass is 10.1. The van der Waals surface area contributed by atoms with Crippen LogP contribution in [0.4, 0.5) is 8.78 Å². The summed E-state index contributed by atoms with van der Waals surface area (Å²) in [7, 11) is 0. The Morgan fingerprint density at radius 2 is 1.92 bits per heavy atom. The van der Waals surface area contributed by atoms with Gasteiger partial charge in [0.2, 0.25) is 0 Å². The summed E-state index contributed by atoms with van der Waals surface area (Å²) in [5.74, 6) is 0.858. The van der Waals surface area contributed by atoms with Gasteiger partial charge >= 0.3 is 6.61 Å². The van der Waals surface area contributed by atoms with Crippen LogP contribution >= 0.6 is 24.0 Å². The van der Waals surface area contributed by atoms with E-state index in [9.17, 15) is 8.78 Å². The summed E-state index contributed by atoms with van der Waals surface area (Å²) < 4.78 is 29.5. The van der Waals surface area contributed by atoms with Gasteiger partial charge in [-0.05, 0) is 38.9 Å². The number of nitrogens with one attached hydrogen (secondary N) is 2. The smallest absolute Gasteiger partial charge is 0.387 e. The third kappa shape index (κ3) is 8.48. The molecule has 26 heavy (non-hydrogen) atoms. The SMILES string of the molecule is CCNC(=NCc1ccccc1OC(F)F)NCCN1CCCCC1.I. The molecule has 0 bridgehead atoms. The fraction of sp³-hybridized carbons (Fsp3) is 0.611. The second-order valence-electron chi connectivity index (χ2n) is 6.01. The summed E-state index contributed by atoms with van der Waals surface area (Å²) in [5.41, 5.74) is 0.635. The van der Waals surface area contributed by atoms with E-state index in [1.165, 1.54) is 25.3 Å². The minimum absolute atomic E-state index is 0. The molecule has 2 N–H and O–H groups in total. The predicted molar refractivity (Wildman–Crippen MR) is 112 cm³/mol. The zero-order valence-corrected chi connectivity index (χ0v) is 17.5. The summed E-state index contributed by atoms with van der Waals surface area (Å²) in [6.07, 6.45) is 3.87. The summed E-state index contributed by atoms with van der Waals surface area (Å²) in [6, 6.07) is 6.75. The van der Waals surface area contributed by atoms with Gasteiger partial charge in [-0.3, -0.25) is 0 Å². The van der Waals surface area contributed by atoms with Crippen molar-refractivity contribution in [1.29, 1.82) is 0 Å². The fourth-order valence-corrected chi connectivity index (χ4v) is 2.87. The number of aliphatic imine (C=N–C) groups is 1. The molecule has 1 aromatic carbocycles. The first-order valence-electron chi connectivity index (χ1n) is 8.96. The normalized spacial score (nSPS) is 15.5. The Hall–Kier alpha value is -1.16. The zero-order valence-electron chi connectivity index (χ0n) is 15.2. The Kier molecular flexibility index (Phi) is 11.5. The van der Waals surface area contributed by atoms with Crippen LogP contribution in [0, 0.1) is 0 Å². The number of ether oxygens (including phenoxy) is 1. The Bertz CT molecular complexity index is 540. The lowest BCUT2D eigenvalue weighted by Gasteiger charge is -2.26. The fourth-order valence-electron chi connectivity index (χ4n) is 2.87. The van der Waals surface area contributed by atoms with Gasteiger partial charge in [-0.25, -0.2) is 4.99 Å². The number of alkyl halides is 2.